The van der Waals surface area contributed by atoms with Crippen molar-refractivity contribution in [2.45, 2.75) is 37.6 Å². The summed E-state index contributed by atoms with van der Waals surface area (Å²) < 4.78 is 0. The van der Waals surface area contributed by atoms with Gasteiger partial charge in [0.2, 0.25) is 0 Å². The molecule has 0 aliphatic carbocycles. The van der Waals surface area contributed by atoms with E-state index >= 15 is 0 Å². The van der Waals surface area contributed by atoms with E-state index in [0.29, 0.717) is 17.5 Å². The second kappa shape index (κ2) is 17.8. The number of carbonyl (C=O) groups excluding carboxylic acids is 2. The van der Waals surface area contributed by atoms with Gasteiger partial charge in [-0.15, -0.1) is 0 Å². The molecular weight excluding hydrogens is 645 g/mol. The second-order valence-corrected chi connectivity index (χ2v) is 12.1. The first-order valence-electron chi connectivity index (χ1n) is 16.0. The zero-order valence-corrected chi connectivity index (χ0v) is 29.4. The number of fused-ring (bicyclic) bond motifs is 6. The van der Waals surface area contributed by atoms with Crippen molar-refractivity contribution in [2.24, 2.45) is 11.8 Å². The monoisotopic (exact) mass is 684 g/mol. The van der Waals surface area contributed by atoms with Crippen LogP contribution < -0.4 is 17.0 Å². The SMILES string of the molecule is O=C1/C(=C/c2ccccc2)N2CCC1CC2.O=C1C2CCN(CC2)C1C(c1ccccc1)c1ccccc1.[Br-].[Mg+2].[c-]1ccccc1. The minimum Gasteiger partial charge on any atom is -1.00 e. The molecule has 0 aromatic heterocycles. The number of ketones is 2. The van der Waals surface area contributed by atoms with Gasteiger partial charge in [0.15, 0.2) is 11.6 Å². The van der Waals surface area contributed by atoms with Crippen molar-refractivity contribution in [3.8, 4) is 0 Å². The maximum absolute atomic E-state index is 12.9. The molecule has 6 heterocycles. The van der Waals surface area contributed by atoms with E-state index < -0.39 is 0 Å². The molecule has 6 fully saturated rings. The number of halogens is 1. The van der Waals surface area contributed by atoms with Gasteiger partial charge in [0, 0.05) is 30.8 Å². The molecular formula is C40H41BrMgN2O2. The first kappa shape index (κ1) is 35.8. The van der Waals surface area contributed by atoms with E-state index in [2.05, 4.69) is 64.4 Å². The Hall–Kier alpha value is -3.03. The van der Waals surface area contributed by atoms with Crippen LogP contribution in [0.25, 0.3) is 6.08 Å². The Morgan fingerprint density at radius 2 is 1.11 bits per heavy atom. The van der Waals surface area contributed by atoms with E-state index in [-0.39, 0.29) is 57.9 Å². The third-order valence-electron chi connectivity index (χ3n) is 9.42. The van der Waals surface area contributed by atoms with E-state index in [1.165, 1.54) is 11.1 Å². The number of rotatable bonds is 4. The van der Waals surface area contributed by atoms with Crippen molar-refractivity contribution in [2.75, 3.05) is 26.2 Å². The molecule has 0 spiro atoms. The predicted octanol–water partition coefficient (Wildman–Crippen LogP) is 3.91. The molecule has 6 heteroatoms. The van der Waals surface area contributed by atoms with Gasteiger partial charge in [0.05, 0.1) is 11.7 Å². The molecule has 6 aliphatic heterocycles. The summed E-state index contributed by atoms with van der Waals surface area (Å²) in [6.45, 7) is 4.23. The minimum atomic E-state index is 0. The van der Waals surface area contributed by atoms with Crippen LogP contribution in [0.15, 0.2) is 127 Å². The summed E-state index contributed by atoms with van der Waals surface area (Å²) in [7, 11) is 0. The largest absolute Gasteiger partial charge is 2.00 e. The maximum Gasteiger partial charge on any atom is 2.00 e. The Kier molecular flexibility index (Phi) is 13.8. The predicted molar refractivity (Wildman–Crippen MR) is 183 cm³/mol. The normalized spacial score (nSPS) is 22.2. The van der Waals surface area contributed by atoms with Crippen LogP contribution in [0.1, 0.15) is 48.3 Å². The number of Topliss-reactive ketones (excluding diaryl/α,β-unsaturated/α-hetero) is 2. The fraction of sp³-hybridized carbons (Fsp3) is 0.300. The van der Waals surface area contributed by atoms with Gasteiger partial charge in [0.1, 0.15) is 0 Å². The first-order chi connectivity index (χ1) is 21.7. The Morgan fingerprint density at radius 3 is 1.54 bits per heavy atom. The molecule has 0 saturated carbocycles. The topological polar surface area (TPSA) is 40.6 Å². The molecule has 6 saturated heterocycles. The van der Waals surface area contributed by atoms with Crippen LogP contribution in [0.4, 0.5) is 0 Å². The molecule has 4 aromatic carbocycles. The third-order valence-corrected chi connectivity index (χ3v) is 9.42. The van der Waals surface area contributed by atoms with E-state index in [4.69, 9.17) is 0 Å². The fourth-order valence-corrected chi connectivity index (χ4v) is 7.10. The Morgan fingerprint density at radius 1 is 0.630 bits per heavy atom. The first-order valence-corrected chi connectivity index (χ1v) is 16.0. The number of nitrogens with zero attached hydrogens (tertiary/aromatic N) is 2. The smallest absolute Gasteiger partial charge is 1.00 e. The number of hydrogen-bond donors (Lipinski definition) is 0. The molecule has 0 amide bonds. The van der Waals surface area contributed by atoms with Crippen LogP contribution >= 0.6 is 0 Å². The van der Waals surface area contributed by atoms with E-state index in [0.717, 1.165) is 63.1 Å². The summed E-state index contributed by atoms with van der Waals surface area (Å²) in [5.41, 5.74) is 4.55. The molecule has 46 heavy (non-hydrogen) atoms. The molecule has 4 nitrogen and oxygen atoms in total. The van der Waals surface area contributed by atoms with Gasteiger partial charge in [-0.05, 0) is 61.5 Å². The fourth-order valence-electron chi connectivity index (χ4n) is 7.10. The Balaban J connectivity index is 0.000000176. The van der Waals surface area contributed by atoms with Gasteiger partial charge in [0.25, 0.3) is 0 Å². The zero-order chi connectivity index (χ0) is 30.1. The molecule has 4 aromatic rings. The van der Waals surface area contributed by atoms with Gasteiger partial charge in [-0.25, -0.2) is 0 Å². The van der Waals surface area contributed by atoms with Crippen molar-refractivity contribution in [3.63, 3.8) is 0 Å². The van der Waals surface area contributed by atoms with Gasteiger partial charge >= 0.3 is 23.1 Å². The van der Waals surface area contributed by atoms with Crippen molar-refractivity contribution in [1.29, 1.82) is 0 Å². The number of benzene rings is 4. The van der Waals surface area contributed by atoms with E-state index in [9.17, 15) is 9.59 Å². The zero-order valence-electron chi connectivity index (χ0n) is 26.4. The number of piperidine rings is 6. The summed E-state index contributed by atoms with van der Waals surface area (Å²) in [5.74, 6) is 1.53. The summed E-state index contributed by atoms with van der Waals surface area (Å²) in [4.78, 5) is 29.7. The van der Waals surface area contributed by atoms with Crippen molar-refractivity contribution in [1.82, 2.24) is 9.80 Å². The van der Waals surface area contributed by atoms with Crippen LogP contribution in [-0.4, -0.2) is 76.6 Å². The minimum absolute atomic E-state index is 0. The van der Waals surface area contributed by atoms with Crippen molar-refractivity contribution < 1.29 is 26.6 Å². The van der Waals surface area contributed by atoms with Gasteiger partial charge in [-0.3, -0.25) is 14.5 Å². The van der Waals surface area contributed by atoms with Crippen molar-refractivity contribution >= 4 is 40.7 Å². The van der Waals surface area contributed by atoms with E-state index in [1.54, 1.807) is 0 Å². The number of allylic oxidation sites excluding steroid dienone is 1. The maximum atomic E-state index is 12.9. The molecule has 6 aliphatic rings. The molecule has 10 rings (SSSR count). The molecule has 1 atom stereocenters. The second-order valence-electron chi connectivity index (χ2n) is 12.1. The molecule has 232 valence electrons. The quantitative estimate of drug-likeness (QED) is 0.186. The van der Waals surface area contributed by atoms with Crippen LogP contribution in [-0.2, 0) is 9.59 Å². The summed E-state index contributed by atoms with van der Waals surface area (Å²) >= 11 is 0. The van der Waals surface area contributed by atoms with Crippen LogP contribution in [0.5, 0.6) is 0 Å². The standard InChI is InChI=1S/C20H21NO.C14H15NO.C6H5.BrH.Mg/c22-20-17-11-13-21(14-12-17)19(20)18(15-7-3-1-4-8-15)16-9-5-2-6-10-16;16-14-12-6-8-15(9-7-12)13(14)10-11-4-2-1-3-5-11;1-2-4-6-5-3-1;;/h1-10,17-19H,11-14H2;1-5,10,12H,6-9H2;1-5H;1H;/q;;-1;;+2/p-1/b;13-10-;;;. The Bertz CT molecular complexity index is 1450. The molecule has 0 N–H and O–H groups in total. The van der Waals surface area contributed by atoms with Crippen molar-refractivity contribution in [3.05, 3.63) is 150 Å². The average molecular weight is 686 g/mol. The van der Waals surface area contributed by atoms with Gasteiger partial charge in [-0.1, -0.05) is 91.0 Å². The number of hydrogen-bond acceptors (Lipinski definition) is 4. The third kappa shape index (κ3) is 8.65. The summed E-state index contributed by atoms with van der Waals surface area (Å²) in [6, 6.07) is 43.6. The average Bonchev–Trinajstić information content (AvgIpc) is 3.11. The molecule has 4 bridgehead atoms. The Labute approximate surface area is 300 Å². The summed E-state index contributed by atoms with van der Waals surface area (Å²) in [6.07, 6.45) is 6.22. The molecule has 0 radical (unpaired) electrons. The van der Waals surface area contributed by atoms with Gasteiger partial charge < -0.3 is 21.9 Å². The summed E-state index contributed by atoms with van der Waals surface area (Å²) in [5, 5.41) is 0. The van der Waals surface area contributed by atoms with Crippen LogP contribution in [0.3, 0.4) is 0 Å². The van der Waals surface area contributed by atoms with Crippen LogP contribution in [0, 0.1) is 17.9 Å². The van der Waals surface area contributed by atoms with Gasteiger partial charge in [-0.2, -0.15) is 36.4 Å². The van der Waals surface area contributed by atoms with E-state index in [1.807, 2.05) is 78.9 Å². The molecule has 1 unspecified atom stereocenters. The number of carbonyl (C=O) groups is 2. The van der Waals surface area contributed by atoms with Crippen LogP contribution in [0.2, 0.25) is 0 Å².